The highest BCUT2D eigenvalue weighted by atomic mass is 35.5. The van der Waals surface area contributed by atoms with Crippen LogP contribution in [0.1, 0.15) is 21.5 Å². The van der Waals surface area contributed by atoms with Crippen LogP contribution in [-0.4, -0.2) is 32.3 Å². The number of benzene rings is 2. The monoisotopic (exact) mass is 469 g/mol. The molecular weight excluding hydrogens is 454 g/mol. The van der Waals surface area contributed by atoms with Gasteiger partial charge in [0.05, 0.1) is 9.85 Å². The summed E-state index contributed by atoms with van der Waals surface area (Å²) in [6, 6.07) is 11.3. The number of nitro benzene ring substituents is 1. The van der Waals surface area contributed by atoms with Gasteiger partial charge in [0.15, 0.2) is 0 Å². The number of carbonyl (C=O) groups excluding carboxylic acids is 1. The van der Waals surface area contributed by atoms with Crippen molar-refractivity contribution in [3.05, 3.63) is 90.7 Å². The van der Waals surface area contributed by atoms with E-state index in [9.17, 15) is 25.0 Å². The summed E-state index contributed by atoms with van der Waals surface area (Å²) in [4.78, 5) is 43.8. The number of nitrogens with one attached hydrogen (secondary N) is 2. The molecule has 0 fully saturated rings. The fourth-order valence-corrected chi connectivity index (χ4v) is 3.71. The topological polar surface area (TPSA) is 156 Å². The van der Waals surface area contributed by atoms with Crippen LogP contribution in [0.4, 0.5) is 23.0 Å². The molecule has 2 heterocycles. The van der Waals surface area contributed by atoms with Crippen molar-refractivity contribution < 1.29 is 14.6 Å². The van der Waals surface area contributed by atoms with E-state index in [1.807, 2.05) is 24.3 Å². The number of aromatic nitrogens is 2. The second-order valence-corrected chi connectivity index (χ2v) is 7.50. The third-order valence-corrected chi connectivity index (χ3v) is 5.43. The molecule has 168 valence electrons. The summed E-state index contributed by atoms with van der Waals surface area (Å²) in [5, 5.41) is 22.8. The zero-order chi connectivity index (χ0) is 23.5. The van der Waals surface area contributed by atoms with Gasteiger partial charge in [-0.2, -0.15) is 0 Å². The number of fused-ring (bicyclic) bond motifs is 1. The molecule has 12 nitrogen and oxygen atoms in total. The normalized spacial score (nSPS) is 12.6. The van der Waals surface area contributed by atoms with E-state index in [0.29, 0.717) is 19.5 Å². The van der Waals surface area contributed by atoms with Crippen molar-refractivity contribution in [1.82, 2.24) is 15.4 Å². The summed E-state index contributed by atoms with van der Waals surface area (Å²) in [5.41, 5.74) is 6.02. The van der Waals surface area contributed by atoms with E-state index < -0.39 is 27.1 Å². The van der Waals surface area contributed by atoms with E-state index in [-0.39, 0.29) is 22.2 Å². The number of rotatable bonds is 6. The molecule has 3 aromatic rings. The average molecular weight is 470 g/mol. The van der Waals surface area contributed by atoms with Crippen LogP contribution in [0, 0.1) is 20.2 Å². The van der Waals surface area contributed by atoms with Crippen molar-refractivity contribution in [1.29, 1.82) is 0 Å². The van der Waals surface area contributed by atoms with Crippen LogP contribution in [0.25, 0.3) is 0 Å². The maximum absolute atomic E-state index is 12.4. The van der Waals surface area contributed by atoms with Crippen LogP contribution < -0.4 is 15.8 Å². The lowest BCUT2D eigenvalue weighted by Gasteiger charge is -2.29. The summed E-state index contributed by atoms with van der Waals surface area (Å²) >= 11 is 5.76. The molecule has 1 aliphatic heterocycles. The Hall–Kier alpha value is -4.32. The molecule has 0 radical (unpaired) electrons. The van der Waals surface area contributed by atoms with Gasteiger partial charge in [0.1, 0.15) is 11.3 Å². The number of hydrazine groups is 1. The standard InChI is InChI=1S/C20H16ClN7O5/c21-15-6-5-13(9-16(15)27(30)31)20(29)25-24-18-17(28(32)33)19(23-11-22-18)26-8-7-12-3-1-2-4-14(12)10-26/h1-6,9,11H,7-8,10H2,(H,25,29)(H,22,23,24). The Bertz CT molecular complexity index is 1270. The Balaban J connectivity index is 1.57. The van der Waals surface area contributed by atoms with Gasteiger partial charge >= 0.3 is 5.69 Å². The molecule has 0 atom stereocenters. The van der Waals surface area contributed by atoms with Gasteiger partial charge in [0, 0.05) is 24.7 Å². The van der Waals surface area contributed by atoms with Crippen molar-refractivity contribution in [2.75, 3.05) is 16.9 Å². The Kier molecular flexibility index (Phi) is 6.00. The maximum Gasteiger partial charge on any atom is 0.355 e. The maximum atomic E-state index is 12.4. The van der Waals surface area contributed by atoms with Gasteiger partial charge in [-0.1, -0.05) is 35.9 Å². The number of halogens is 1. The van der Waals surface area contributed by atoms with E-state index in [1.54, 1.807) is 4.90 Å². The smallest absolute Gasteiger partial charge is 0.346 e. The summed E-state index contributed by atoms with van der Waals surface area (Å²) in [7, 11) is 0. The molecule has 1 aromatic heterocycles. The Morgan fingerprint density at radius 1 is 1.06 bits per heavy atom. The first-order valence-corrected chi connectivity index (χ1v) is 10.0. The van der Waals surface area contributed by atoms with E-state index in [4.69, 9.17) is 11.6 Å². The van der Waals surface area contributed by atoms with Crippen molar-refractivity contribution in [3.8, 4) is 0 Å². The SMILES string of the molecule is O=C(NNc1ncnc(N2CCc3ccccc3C2)c1[N+](=O)[O-])c1ccc(Cl)c([N+](=O)[O-])c1. The number of anilines is 2. The van der Waals surface area contributed by atoms with Crippen molar-refractivity contribution >= 4 is 40.5 Å². The highest BCUT2D eigenvalue weighted by Gasteiger charge is 2.29. The minimum absolute atomic E-state index is 0.0665. The van der Waals surface area contributed by atoms with Crippen LogP contribution in [0.3, 0.4) is 0 Å². The number of hydrogen-bond acceptors (Lipinski definition) is 9. The van der Waals surface area contributed by atoms with Gasteiger partial charge in [-0.3, -0.25) is 35.9 Å². The highest BCUT2D eigenvalue weighted by Crippen LogP contribution is 2.34. The van der Waals surface area contributed by atoms with Crippen LogP contribution >= 0.6 is 11.6 Å². The number of amides is 1. The van der Waals surface area contributed by atoms with E-state index in [0.717, 1.165) is 18.0 Å². The molecule has 0 saturated heterocycles. The predicted octanol–water partition coefficient (Wildman–Crippen LogP) is 3.27. The van der Waals surface area contributed by atoms with Gasteiger partial charge in [0.2, 0.25) is 11.6 Å². The first kappa shape index (κ1) is 21.9. The number of carbonyl (C=O) groups is 1. The molecule has 2 aromatic carbocycles. The molecule has 0 saturated carbocycles. The number of hydrogen-bond donors (Lipinski definition) is 2. The van der Waals surface area contributed by atoms with Gasteiger partial charge < -0.3 is 4.90 Å². The first-order chi connectivity index (χ1) is 15.8. The van der Waals surface area contributed by atoms with Crippen molar-refractivity contribution in [2.24, 2.45) is 0 Å². The molecule has 0 spiro atoms. The third-order valence-electron chi connectivity index (χ3n) is 5.12. The van der Waals surface area contributed by atoms with E-state index in [1.165, 1.54) is 17.7 Å². The second-order valence-electron chi connectivity index (χ2n) is 7.09. The lowest BCUT2D eigenvalue weighted by atomic mass is 10.00. The average Bonchev–Trinajstić information content (AvgIpc) is 2.81. The molecule has 33 heavy (non-hydrogen) atoms. The molecule has 1 aliphatic rings. The molecule has 1 amide bonds. The zero-order valence-corrected chi connectivity index (χ0v) is 17.7. The van der Waals surface area contributed by atoms with Crippen LogP contribution in [-0.2, 0) is 13.0 Å². The van der Waals surface area contributed by atoms with E-state index >= 15 is 0 Å². The van der Waals surface area contributed by atoms with Gasteiger partial charge in [-0.05, 0) is 29.7 Å². The largest absolute Gasteiger partial charge is 0.355 e. The molecule has 0 bridgehead atoms. The molecule has 4 rings (SSSR count). The zero-order valence-electron chi connectivity index (χ0n) is 16.9. The summed E-state index contributed by atoms with van der Waals surface area (Å²) < 4.78 is 0. The fraction of sp³-hybridized carbons (Fsp3) is 0.150. The molecule has 13 heteroatoms. The van der Waals surface area contributed by atoms with Crippen LogP contribution in [0.2, 0.25) is 5.02 Å². The lowest BCUT2D eigenvalue weighted by molar-refractivity contribution is -0.384. The van der Waals surface area contributed by atoms with Gasteiger partial charge in [-0.25, -0.2) is 9.97 Å². The molecule has 0 unspecified atom stereocenters. The van der Waals surface area contributed by atoms with Gasteiger partial charge in [0.25, 0.3) is 11.6 Å². The van der Waals surface area contributed by atoms with Gasteiger partial charge in [-0.15, -0.1) is 0 Å². The van der Waals surface area contributed by atoms with Crippen LogP contribution in [0.15, 0.2) is 48.8 Å². The summed E-state index contributed by atoms with van der Waals surface area (Å²) in [5.74, 6) is -0.875. The Morgan fingerprint density at radius 3 is 2.55 bits per heavy atom. The second kappa shape index (κ2) is 9.04. The highest BCUT2D eigenvalue weighted by molar-refractivity contribution is 6.32. The summed E-state index contributed by atoms with van der Waals surface area (Å²) in [6.45, 7) is 0.962. The van der Waals surface area contributed by atoms with Crippen LogP contribution in [0.5, 0.6) is 0 Å². The minimum atomic E-state index is -0.767. The molecule has 2 N–H and O–H groups in total. The first-order valence-electron chi connectivity index (χ1n) is 9.66. The summed E-state index contributed by atoms with van der Waals surface area (Å²) in [6.07, 6.45) is 1.86. The number of nitro groups is 2. The third kappa shape index (κ3) is 4.50. The minimum Gasteiger partial charge on any atom is -0.346 e. The molecular formula is C20H16ClN7O5. The number of nitrogens with zero attached hydrogens (tertiary/aromatic N) is 5. The van der Waals surface area contributed by atoms with E-state index in [2.05, 4.69) is 20.8 Å². The predicted molar refractivity (Wildman–Crippen MR) is 119 cm³/mol. The van der Waals surface area contributed by atoms with Crippen molar-refractivity contribution in [2.45, 2.75) is 13.0 Å². The Morgan fingerprint density at radius 2 is 1.82 bits per heavy atom. The Labute approximate surface area is 191 Å². The lowest BCUT2D eigenvalue weighted by Crippen LogP contribution is -2.33. The fourth-order valence-electron chi connectivity index (χ4n) is 3.52. The van der Waals surface area contributed by atoms with Crippen molar-refractivity contribution in [3.63, 3.8) is 0 Å². The molecule has 0 aliphatic carbocycles. The quantitative estimate of drug-likeness (QED) is 0.408.